The minimum atomic E-state index is -0.269. The lowest BCUT2D eigenvalue weighted by molar-refractivity contribution is -0.137. The van der Waals surface area contributed by atoms with Gasteiger partial charge in [-0.25, -0.2) is 0 Å². The average Bonchev–Trinajstić information content (AvgIpc) is 3.16. The number of carbonyl (C=O) groups is 1. The molecule has 0 bridgehead atoms. The van der Waals surface area contributed by atoms with E-state index in [1.165, 1.54) is 11.1 Å². The Kier molecular flexibility index (Phi) is 5.64. The van der Waals surface area contributed by atoms with Crippen molar-refractivity contribution in [1.29, 1.82) is 0 Å². The van der Waals surface area contributed by atoms with E-state index < -0.39 is 0 Å². The molecule has 1 amide bonds. The van der Waals surface area contributed by atoms with Gasteiger partial charge in [0.25, 0.3) is 0 Å². The SMILES string of the molecule is COc1ccc(C2CCN(C3CCN(C(C)(C)c4ccccc4)C3=O)CC2)cc1. The van der Waals surface area contributed by atoms with Crippen molar-refractivity contribution in [2.24, 2.45) is 0 Å². The third kappa shape index (κ3) is 3.91. The minimum absolute atomic E-state index is 0.0369. The van der Waals surface area contributed by atoms with Gasteiger partial charge in [-0.05, 0) is 75.4 Å². The molecular weight excluding hydrogens is 360 g/mol. The van der Waals surface area contributed by atoms with E-state index in [1.807, 2.05) is 18.2 Å². The quantitative estimate of drug-likeness (QED) is 0.756. The maximum absolute atomic E-state index is 13.3. The zero-order valence-corrected chi connectivity index (χ0v) is 17.8. The summed E-state index contributed by atoms with van der Waals surface area (Å²) in [6.45, 7) is 7.15. The third-order valence-corrected chi connectivity index (χ3v) is 6.89. The summed E-state index contributed by atoms with van der Waals surface area (Å²) in [6, 6.07) is 18.9. The summed E-state index contributed by atoms with van der Waals surface area (Å²) in [5.41, 5.74) is 2.32. The summed E-state index contributed by atoms with van der Waals surface area (Å²) in [4.78, 5) is 17.8. The Morgan fingerprint density at radius 1 is 0.897 bits per heavy atom. The van der Waals surface area contributed by atoms with Gasteiger partial charge in [-0.1, -0.05) is 42.5 Å². The largest absolute Gasteiger partial charge is 0.497 e. The minimum Gasteiger partial charge on any atom is -0.497 e. The number of nitrogens with zero attached hydrogens (tertiary/aromatic N) is 2. The molecule has 0 N–H and O–H groups in total. The lowest BCUT2D eigenvalue weighted by atomic mass is 9.88. The van der Waals surface area contributed by atoms with Crippen molar-refractivity contribution in [3.05, 3.63) is 65.7 Å². The molecule has 0 aliphatic carbocycles. The number of piperidine rings is 1. The highest BCUT2D eigenvalue weighted by molar-refractivity contribution is 5.85. The summed E-state index contributed by atoms with van der Waals surface area (Å²) in [7, 11) is 1.70. The Balaban J connectivity index is 1.39. The van der Waals surface area contributed by atoms with Gasteiger partial charge >= 0.3 is 0 Å². The van der Waals surface area contributed by atoms with E-state index in [1.54, 1.807) is 7.11 Å². The molecule has 0 spiro atoms. The first-order chi connectivity index (χ1) is 14.0. The van der Waals surface area contributed by atoms with Crippen LogP contribution in [0.3, 0.4) is 0 Å². The molecule has 4 heteroatoms. The van der Waals surface area contributed by atoms with Gasteiger partial charge in [-0.2, -0.15) is 0 Å². The van der Waals surface area contributed by atoms with E-state index in [0.717, 1.165) is 44.6 Å². The second-order valence-electron chi connectivity index (χ2n) is 8.80. The molecular formula is C25H32N2O2. The van der Waals surface area contributed by atoms with Crippen molar-refractivity contribution in [2.75, 3.05) is 26.7 Å². The summed E-state index contributed by atoms with van der Waals surface area (Å²) in [6.07, 6.45) is 3.15. The lowest BCUT2D eigenvalue weighted by Crippen LogP contribution is -2.49. The fraction of sp³-hybridized carbons (Fsp3) is 0.480. The van der Waals surface area contributed by atoms with Gasteiger partial charge in [0.2, 0.25) is 5.91 Å². The molecule has 4 rings (SSSR count). The Hall–Kier alpha value is -2.33. The number of amides is 1. The van der Waals surface area contributed by atoms with Crippen molar-refractivity contribution in [3.63, 3.8) is 0 Å². The van der Waals surface area contributed by atoms with Crippen LogP contribution in [0.15, 0.2) is 54.6 Å². The Morgan fingerprint density at radius 3 is 2.17 bits per heavy atom. The highest BCUT2D eigenvalue weighted by Gasteiger charge is 2.43. The van der Waals surface area contributed by atoms with Crippen molar-refractivity contribution in [1.82, 2.24) is 9.80 Å². The first-order valence-corrected chi connectivity index (χ1v) is 10.8. The topological polar surface area (TPSA) is 32.8 Å². The van der Waals surface area contributed by atoms with Crippen molar-refractivity contribution >= 4 is 5.91 Å². The van der Waals surface area contributed by atoms with E-state index in [4.69, 9.17) is 4.74 Å². The van der Waals surface area contributed by atoms with Gasteiger partial charge in [0.1, 0.15) is 5.75 Å². The fourth-order valence-electron chi connectivity index (χ4n) is 4.98. The fourth-order valence-corrected chi connectivity index (χ4v) is 4.98. The zero-order chi connectivity index (χ0) is 20.4. The van der Waals surface area contributed by atoms with Crippen LogP contribution in [0.1, 0.15) is 50.2 Å². The average molecular weight is 393 g/mol. The first-order valence-electron chi connectivity index (χ1n) is 10.8. The van der Waals surface area contributed by atoms with Crippen LogP contribution in [-0.2, 0) is 10.3 Å². The summed E-state index contributed by atoms with van der Waals surface area (Å²) < 4.78 is 5.27. The molecule has 0 aromatic heterocycles. The predicted molar refractivity (Wildman–Crippen MR) is 116 cm³/mol. The molecule has 0 saturated carbocycles. The van der Waals surface area contributed by atoms with Gasteiger partial charge < -0.3 is 9.64 Å². The van der Waals surface area contributed by atoms with Crippen LogP contribution < -0.4 is 4.74 Å². The molecule has 2 aromatic rings. The van der Waals surface area contributed by atoms with E-state index in [-0.39, 0.29) is 11.6 Å². The summed E-state index contributed by atoms with van der Waals surface area (Å²) >= 11 is 0. The molecule has 1 atom stereocenters. The van der Waals surface area contributed by atoms with Crippen LogP contribution in [0.2, 0.25) is 0 Å². The van der Waals surface area contributed by atoms with E-state index in [9.17, 15) is 4.79 Å². The monoisotopic (exact) mass is 392 g/mol. The van der Waals surface area contributed by atoms with Crippen LogP contribution in [0.5, 0.6) is 5.75 Å². The highest BCUT2D eigenvalue weighted by Crippen LogP contribution is 2.35. The first kappa shape index (κ1) is 20.0. The molecule has 2 aromatic carbocycles. The number of benzene rings is 2. The molecule has 2 aliphatic rings. The maximum Gasteiger partial charge on any atom is 0.240 e. The van der Waals surface area contributed by atoms with Crippen molar-refractivity contribution in [2.45, 2.75) is 50.6 Å². The molecule has 2 heterocycles. The number of hydrogen-bond donors (Lipinski definition) is 0. The molecule has 1 unspecified atom stereocenters. The summed E-state index contributed by atoms with van der Waals surface area (Å²) in [5, 5.41) is 0. The number of rotatable bonds is 5. The molecule has 0 radical (unpaired) electrons. The van der Waals surface area contributed by atoms with Gasteiger partial charge in [0.05, 0.1) is 18.7 Å². The van der Waals surface area contributed by atoms with Crippen LogP contribution in [0.4, 0.5) is 0 Å². The van der Waals surface area contributed by atoms with Crippen LogP contribution >= 0.6 is 0 Å². The number of hydrogen-bond acceptors (Lipinski definition) is 3. The van der Waals surface area contributed by atoms with E-state index in [2.05, 4.69) is 60.0 Å². The van der Waals surface area contributed by atoms with Crippen LogP contribution in [0, 0.1) is 0 Å². The lowest BCUT2D eigenvalue weighted by Gasteiger charge is -2.38. The highest BCUT2D eigenvalue weighted by atomic mass is 16.5. The smallest absolute Gasteiger partial charge is 0.240 e. The second-order valence-corrected chi connectivity index (χ2v) is 8.80. The number of methoxy groups -OCH3 is 1. The molecule has 2 saturated heterocycles. The number of likely N-dealkylation sites (tertiary alicyclic amines) is 2. The molecule has 2 fully saturated rings. The standard InChI is InChI=1S/C25H32N2O2/c1-25(2,21-7-5-4-6-8-21)27-18-15-23(24(27)28)26-16-13-20(14-17-26)19-9-11-22(29-3)12-10-19/h4-12,20,23H,13-18H2,1-3H3. The van der Waals surface area contributed by atoms with Gasteiger partial charge in [-0.15, -0.1) is 0 Å². The maximum atomic E-state index is 13.3. The van der Waals surface area contributed by atoms with Crippen LogP contribution in [0.25, 0.3) is 0 Å². The number of ether oxygens (including phenoxy) is 1. The Morgan fingerprint density at radius 2 is 1.55 bits per heavy atom. The number of carbonyl (C=O) groups excluding carboxylic acids is 1. The van der Waals surface area contributed by atoms with E-state index >= 15 is 0 Å². The third-order valence-electron chi connectivity index (χ3n) is 6.89. The van der Waals surface area contributed by atoms with Gasteiger partial charge in [0.15, 0.2) is 0 Å². The Bertz CT molecular complexity index is 824. The normalized spacial score (nSPS) is 21.6. The van der Waals surface area contributed by atoms with Gasteiger partial charge in [0, 0.05) is 6.54 Å². The molecule has 4 nitrogen and oxygen atoms in total. The predicted octanol–water partition coefficient (Wildman–Crippen LogP) is 4.41. The molecule has 29 heavy (non-hydrogen) atoms. The molecule has 2 aliphatic heterocycles. The Labute approximate surface area is 174 Å². The second kappa shape index (κ2) is 8.19. The van der Waals surface area contributed by atoms with Crippen molar-refractivity contribution < 1.29 is 9.53 Å². The van der Waals surface area contributed by atoms with Gasteiger partial charge in [-0.3, -0.25) is 9.69 Å². The van der Waals surface area contributed by atoms with Crippen LogP contribution in [-0.4, -0.2) is 48.5 Å². The van der Waals surface area contributed by atoms with Crippen molar-refractivity contribution in [3.8, 4) is 5.75 Å². The molecule has 154 valence electrons. The zero-order valence-electron chi connectivity index (χ0n) is 17.8. The summed E-state index contributed by atoms with van der Waals surface area (Å²) in [5.74, 6) is 1.77. The van der Waals surface area contributed by atoms with E-state index in [0.29, 0.717) is 11.8 Å².